The SMILES string of the molecule is C[C@@H]1C(c2[nH]cnc3cnc4nccc4c23)CCCN1C(=O)CC(F)(F)F. The topological polar surface area (TPSA) is 74.8 Å². The normalized spacial score (nSPS) is 21.1. The number of nitrogens with zero attached hydrogens (tertiary/aromatic N) is 4. The molecule has 4 heterocycles. The molecule has 1 saturated heterocycles. The van der Waals surface area contributed by atoms with E-state index in [1.165, 1.54) is 4.90 Å². The van der Waals surface area contributed by atoms with Crippen molar-refractivity contribution in [1.29, 1.82) is 0 Å². The molecule has 9 heteroatoms. The first-order valence-electron chi connectivity index (χ1n) is 8.78. The maximum atomic E-state index is 12.7. The van der Waals surface area contributed by atoms with Gasteiger partial charge in [0.25, 0.3) is 0 Å². The van der Waals surface area contributed by atoms with Crippen LogP contribution in [0.25, 0.3) is 21.9 Å². The van der Waals surface area contributed by atoms with Gasteiger partial charge in [-0.15, -0.1) is 0 Å². The molecular weight excluding hydrogens is 359 g/mol. The Bertz CT molecular complexity index is 999. The lowest BCUT2D eigenvalue weighted by atomic mass is 9.85. The van der Waals surface area contributed by atoms with Gasteiger partial charge in [-0.2, -0.15) is 13.2 Å². The molecule has 6 nitrogen and oxygen atoms in total. The molecule has 1 amide bonds. The molecule has 1 aliphatic rings. The fraction of sp³-hybridized carbons (Fsp3) is 0.444. The number of halogens is 3. The molecule has 0 saturated carbocycles. The maximum Gasteiger partial charge on any atom is 0.397 e. The van der Waals surface area contributed by atoms with Gasteiger partial charge in [-0.25, -0.2) is 15.0 Å². The average Bonchev–Trinajstić information content (AvgIpc) is 3.09. The maximum absolute atomic E-state index is 12.7. The van der Waals surface area contributed by atoms with E-state index in [2.05, 4.69) is 19.9 Å². The fourth-order valence-corrected chi connectivity index (χ4v) is 4.02. The van der Waals surface area contributed by atoms with Gasteiger partial charge < -0.3 is 9.88 Å². The summed E-state index contributed by atoms with van der Waals surface area (Å²) < 4.78 is 38.0. The van der Waals surface area contributed by atoms with Crippen molar-refractivity contribution in [2.75, 3.05) is 6.54 Å². The summed E-state index contributed by atoms with van der Waals surface area (Å²) in [6.45, 7) is 2.14. The van der Waals surface area contributed by atoms with Gasteiger partial charge in [0.15, 0.2) is 5.65 Å². The van der Waals surface area contributed by atoms with Crippen LogP contribution in [-0.2, 0) is 4.79 Å². The zero-order chi connectivity index (χ0) is 19.2. The number of hydrogen-bond acceptors (Lipinski definition) is 4. The van der Waals surface area contributed by atoms with E-state index in [1.807, 2.05) is 6.07 Å². The van der Waals surface area contributed by atoms with Crippen LogP contribution in [0.4, 0.5) is 13.2 Å². The van der Waals surface area contributed by atoms with Crippen molar-refractivity contribution in [2.24, 2.45) is 0 Å². The molecule has 0 aromatic carbocycles. The summed E-state index contributed by atoms with van der Waals surface area (Å²) in [5, 5.41) is 1.71. The van der Waals surface area contributed by atoms with Gasteiger partial charge in [-0.05, 0) is 25.8 Å². The van der Waals surface area contributed by atoms with Crippen LogP contribution in [0.2, 0.25) is 0 Å². The van der Waals surface area contributed by atoms with Crippen LogP contribution < -0.4 is 0 Å². The Labute approximate surface area is 152 Å². The van der Waals surface area contributed by atoms with E-state index in [4.69, 9.17) is 0 Å². The smallest absolute Gasteiger partial charge is 0.349 e. The van der Waals surface area contributed by atoms with Crippen LogP contribution in [0.15, 0.2) is 24.8 Å². The predicted molar refractivity (Wildman–Crippen MR) is 93.0 cm³/mol. The Kier molecular flexibility index (Phi) is 4.24. The van der Waals surface area contributed by atoms with Gasteiger partial charge in [0.1, 0.15) is 6.42 Å². The summed E-state index contributed by atoms with van der Waals surface area (Å²) in [6, 6.07) is 1.49. The molecule has 0 aliphatic carbocycles. The Hall–Kier alpha value is -2.71. The molecule has 4 rings (SSSR count). The van der Waals surface area contributed by atoms with Gasteiger partial charge in [0, 0.05) is 41.2 Å². The summed E-state index contributed by atoms with van der Waals surface area (Å²) in [4.78, 5) is 29.5. The number of nitrogens with one attached hydrogen (secondary N) is 1. The Morgan fingerprint density at radius 1 is 1.33 bits per heavy atom. The lowest BCUT2D eigenvalue weighted by molar-refractivity contribution is -0.164. The van der Waals surface area contributed by atoms with Crippen molar-refractivity contribution >= 4 is 27.8 Å². The number of aromatic amines is 1. The number of H-pyrrole nitrogens is 1. The highest BCUT2D eigenvalue weighted by molar-refractivity contribution is 6.04. The second kappa shape index (κ2) is 6.47. The molecule has 1 aliphatic heterocycles. The minimum atomic E-state index is -4.50. The van der Waals surface area contributed by atoms with Crippen molar-refractivity contribution in [3.63, 3.8) is 0 Å². The molecule has 0 spiro atoms. The number of hydrogen-bond donors (Lipinski definition) is 1. The number of alkyl halides is 3. The zero-order valence-electron chi connectivity index (χ0n) is 14.6. The summed E-state index contributed by atoms with van der Waals surface area (Å²) in [6.07, 6.45) is 0.349. The van der Waals surface area contributed by atoms with Crippen molar-refractivity contribution < 1.29 is 18.0 Å². The highest BCUT2D eigenvalue weighted by atomic mass is 19.4. The Balaban J connectivity index is 1.75. The molecular formula is C18H18F3N5O. The third kappa shape index (κ3) is 3.22. The van der Waals surface area contributed by atoms with Gasteiger partial charge in [-0.3, -0.25) is 4.79 Å². The molecule has 1 unspecified atom stereocenters. The molecule has 0 bridgehead atoms. The van der Waals surface area contributed by atoms with Crippen molar-refractivity contribution in [3.05, 3.63) is 30.5 Å². The number of pyridine rings is 1. The van der Waals surface area contributed by atoms with E-state index < -0.39 is 18.5 Å². The number of carbonyl (C=O) groups excluding carboxylic acids is 1. The molecule has 1 N–H and O–H groups in total. The molecule has 3 aromatic heterocycles. The molecule has 0 radical (unpaired) electrons. The summed E-state index contributed by atoms with van der Waals surface area (Å²) in [5.41, 5.74) is 2.14. The van der Waals surface area contributed by atoms with Crippen LogP contribution in [-0.4, -0.2) is 49.5 Å². The molecule has 27 heavy (non-hydrogen) atoms. The van der Waals surface area contributed by atoms with Crippen molar-refractivity contribution in [3.8, 4) is 0 Å². The van der Waals surface area contributed by atoms with E-state index >= 15 is 0 Å². The number of rotatable bonds is 2. The number of likely N-dealkylation sites (tertiary alicyclic amines) is 1. The summed E-state index contributed by atoms with van der Waals surface area (Å²) in [5.74, 6) is -0.998. The third-order valence-electron chi connectivity index (χ3n) is 5.24. The number of amides is 1. The highest BCUT2D eigenvalue weighted by Crippen LogP contribution is 2.37. The quantitative estimate of drug-likeness (QED) is 0.741. The van der Waals surface area contributed by atoms with E-state index in [9.17, 15) is 18.0 Å². The van der Waals surface area contributed by atoms with Gasteiger partial charge >= 0.3 is 6.18 Å². The number of piperidine rings is 1. The summed E-state index contributed by atoms with van der Waals surface area (Å²) in [7, 11) is 0. The first kappa shape index (κ1) is 17.7. The largest absolute Gasteiger partial charge is 0.397 e. The van der Waals surface area contributed by atoms with Crippen molar-refractivity contribution in [2.45, 2.75) is 44.3 Å². The van der Waals surface area contributed by atoms with E-state index in [0.717, 1.165) is 22.9 Å². The lowest BCUT2D eigenvalue weighted by Crippen LogP contribution is -2.47. The van der Waals surface area contributed by atoms with Gasteiger partial charge in [0.05, 0.1) is 18.0 Å². The van der Waals surface area contributed by atoms with Crippen LogP contribution in [0.1, 0.15) is 37.8 Å². The zero-order valence-corrected chi connectivity index (χ0v) is 14.6. The first-order valence-corrected chi connectivity index (χ1v) is 8.78. The second-order valence-corrected chi connectivity index (χ2v) is 6.89. The Morgan fingerprint density at radius 2 is 2.15 bits per heavy atom. The van der Waals surface area contributed by atoms with E-state index in [-0.39, 0.29) is 12.0 Å². The minimum absolute atomic E-state index is 0.123. The Morgan fingerprint density at radius 3 is 2.93 bits per heavy atom. The first-order chi connectivity index (χ1) is 12.8. The second-order valence-electron chi connectivity index (χ2n) is 6.89. The fourth-order valence-electron chi connectivity index (χ4n) is 4.02. The van der Waals surface area contributed by atoms with E-state index in [0.29, 0.717) is 24.1 Å². The van der Waals surface area contributed by atoms with Crippen LogP contribution in [0.5, 0.6) is 0 Å². The van der Waals surface area contributed by atoms with Crippen molar-refractivity contribution in [1.82, 2.24) is 24.8 Å². The highest BCUT2D eigenvalue weighted by Gasteiger charge is 2.39. The van der Waals surface area contributed by atoms with Crippen LogP contribution in [0, 0.1) is 0 Å². The minimum Gasteiger partial charge on any atom is -0.349 e. The average molecular weight is 377 g/mol. The predicted octanol–water partition coefficient (Wildman–Crippen LogP) is 3.55. The van der Waals surface area contributed by atoms with Crippen LogP contribution >= 0.6 is 0 Å². The number of aromatic nitrogens is 4. The molecule has 1 fully saturated rings. The third-order valence-corrected chi connectivity index (χ3v) is 5.24. The standard InChI is InChI=1S/C18H18F3N5O/c1-10-11(3-2-6-26(10)14(27)7-18(19,20)21)16-15-12-4-5-22-17(12)23-8-13(15)24-9-25-16/h4-5,8-11H,2-3,6-7H2,1H3,(H,24,25)/t10-,11?/m1/s1. The van der Waals surface area contributed by atoms with E-state index in [1.54, 1.807) is 25.6 Å². The number of carbonyl (C=O) groups is 1. The summed E-state index contributed by atoms with van der Waals surface area (Å²) >= 11 is 0. The van der Waals surface area contributed by atoms with Crippen LogP contribution in [0.3, 0.4) is 0 Å². The van der Waals surface area contributed by atoms with Gasteiger partial charge in [0.2, 0.25) is 5.91 Å². The molecule has 2 atom stereocenters. The molecule has 142 valence electrons. The molecule has 3 aromatic rings. The lowest BCUT2D eigenvalue weighted by Gasteiger charge is -2.40. The monoisotopic (exact) mass is 377 g/mol. The number of fused-ring (bicyclic) bond motifs is 3. The van der Waals surface area contributed by atoms with Gasteiger partial charge in [-0.1, -0.05) is 0 Å².